The second-order valence-electron chi connectivity index (χ2n) is 3.63. The zero-order chi connectivity index (χ0) is 12.0. The Kier molecular flexibility index (Phi) is 4.52. The lowest BCUT2D eigenvalue weighted by atomic mass is 9.91. The molecule has 1 rings (SSSR count). The number of ketones is 1. The van der Waals surface area contributed by atoms with Gasteiger partial charge in [0.15, 0.2) is 5.78 Å². The van der Waals surface area contributed by atoms with Crippen LogP contribution >= 0.6 is 0 Å². The molecule has 0 aliphatic rings. The fourth-order valence-corrected chi connectivity index (χ4v) is 1.61. The van der Waals surface area contributed by atoms with Gasteiger partial charge in [-0.15, -0.1) is 13.2 Å². The topological polar surface area (TPSA) is 37.3 Å². The van der Waals surface area contributed by atoms with Crippen molar-refractivity contribution in [2.75, 3.05) is 0 Å². The number of hydrogen-bond donors (Lipinski definition) is 1. The summed E-state index contributed by atoms with van der Waals surface area (Å²) in [5.41, 5.74) is 0.371. The summed E-state index contributed by atoms with van der Waals surface area (Å²) in [5, 5.41) is 9.59. The molecule has 84 valence electrons. The van der Waals surface area contributed by atoms with Gasteiger partial charge >= 0.3 is 0 Å². The predicted octanol–water partition coefficient (Wildman–Crippen LogP) is 3.34. The number of allylic oxidation sites excluding steroid dienone is 2. The van der Waals surface area contributed by atoms with Crippen LogP contribution in [0.1, 0.15) is 23.2 Å². The van der Waals surface area contributed by atoms with Crippen molar-refractivity contribution in [2.45, 2.75) is 12.8 Å². The van der Waals surface area contributed by atoms with Gasteiger partial charge in [0.2, 0.25) is 0 Å². The fraction of sp³-hybridized carbons (Fsp3) is 0.214. The van der Waals surface area contributed by atoms with Crippen LogP contribution in [0.5, 0.6) is 5.75 Å². The molecule has 0 atom stereocenters. The van der Waals surface area contributed by atoms with E-state index in [9.17, 15) is 9.90 Å². The Morgan fingerprint density at radius 2 is 1.81 bits per heavy atom. The van der Waals surface area contributed by atoms with Gasteiger partial charge in [0.05, 0.1) is 5.56 Å². The normalized spacial score (nSPS) is 10.1. The molecule has 0 bridgehead atoms. The van der Waals surface area contributed by atoms with Crippen LogP contribution in [0.3, 0.4) is 0 Å². The molecule has 0 aliphatic heterocycles. The molecule has 0 heterocycles. The molecule has 0 aromatic heterocycles. The molecule has 1 aromatic rings. The van der Waals surface area contributed by atoms with Crippen molar-refractivity contribution < 1.29 is 9.90 Å². The largest absolute Gasteiger partial charge is 0.507 e. The second-order valence-corrected chi connectivity index (χ2v) is 3.63. The van der Waals surface area contributed by atoms with Gasteiger partial charge in [0.1, 0.15) is 5.75 Å². The number of carbonyl (C=O) groups is 1. The average Bonchev–Trinajstić information content (AvgIpc) is 2.28. The maximum Gasteiger partial charge on any atom is 0.170 e. The number of benzene rings is 1. The molecule has 2 nitrogen and oxygen atoms in total. The minimum atomic E-state index is -0.178. The summed E-state index contributed by atoms with van der Waals surface area (Å²) in [7, 11) is 0. The van der Waals surface area contributed by atoms with Crippen molar-refractivity contribution in [1.82, 2.24) is 0 Å². The smallest absolute Gasteiger partial charge is 0.170 e. The Hall–Kier alpha value is -1.83. The van der Waals surface area contributed by atoms with Crippen LogP contribution in [0, 0.1) is 5.92 Å². The highest BCUT2D eigenvalue weighted by Gasteiger charge is 2.19. The summed E-state index contributed by atoms with van der Waals surface area (Å²) in [4.78, 5) is 12.1. The summed E-state index contributed by atoms with van der Waals surface area (Å²) in [6, 6.07) is 6.59. The molecule has 0 spiro atoms. The van der Waals surface area contributed by atoms with E-state index in [0.29, 0.717) is 18.4 Å². The molecule has 0 saturated carbocycles. The van der Waals surface area contributed by atoms with E-state index in [0.717, 1.165) is 0 Å². The van der Waals surface area contributed by atoms with Crippen molar-refractivity contribution in [3.05, 3.63) is 55.1 Å². The molecule has 16 heavy (non-hydrogen) atoms. The monoisotopic (exact) mass is 216 g/mol. The first kappa shape index (κ1) is 12.2. The first-order valence-electron chi connectivity index (χ1n) is 5.24. The van der Waals surface area contributed by atoms with Gasteiger partial charge in [0, 0.05) is 5.92 Å². The minimum Gasteiger partial charge on any atom is -0.507 e. The zero-order valence-electron chi connectivity index (χ0n) is 9.23. The molecule has 1 N–H and O–H groups in total. The highest BCUT2D eigenvalue weighted by Crippen LogP contribution is 2.23. The number of phenols is 1. The van der Waals surface area contributed by atoms with Gasteiger partial charge in [-0.05, 0) is 25.0 Å². The highest BCUT2D eigenvalue weighted by atomic mass is 16.3. The van der Waals surface area contributed by atoms with Crippen molar-refractivity contribution in [3.8, 4) is 5.75 Å². The number of para-hydroxylation sites is 1. The Labute approximate surface area is 95.9 Å². The summed E-state index contributed by atoms with van der Waals surface area (Å²) >= 11 is 0. The van der Waals surface area contributed by atoms with Crippen molar-refractivity contribution in [3.63, 3.8) is 0 Å². The third kappa shape index (κ3) is 2.83. The van der Waals surface area contributed by atoms with Gasteiger partial charge < -0.3 is 5.11 Å². The van der Waals surface area contributed by atoms with E-state index in [-0.39, 0.29) is 17.5 Å². The van der Waals surface area contributed by atoms with Gasteiger partial charge in [-0.3, -0.25) is 4.79 Å². The molecule has 2 heteroatoms. The number of phenolic OH excluding ortho intramolecular Hbond substituents is 1. The van der Waals surface area contributed by atoms with Gasteiger partial charge in [-0.1, -0.05) is 24.3 Å². The number of carbonyl (C=O) groups excluding carboxylic acids is 1. The first-order chi connectivity index (χ1) is 7.70. The predicted molar refractivity (Wildman–Crippen MR) is 65.6 cm³/mol. The SMILES string of the molecule is C=CCC(CC=C)C(=O)c1ccccc1O. The Morgan fingerprint density at radius 1 is 1.25 bits per heavy atom. The summed E-state index contributed by atoms with van der Waals surface area (Å²) in [6.45, 7) is 7.26. The maximum atomic E-state index is 12.1. The lowest BCUT2D eigenvalue weighted by Gasteiger charge is -2.12. The van der Waals surface area contributed by atoms with Gasteiger partial charge in [0.25, 0.3) is 0 Å². The Bertz CT molecular complexity index is 383. The summed E-state index contributed by atoms with van der Waals surface area (Å²) < 4.78 is 0. The molecular weight excluding hydrogens is 200 g/mol. The van der Waals surface area contributed by atoms with Gasteiger partial charge in [-0.2, -0.15) is 0 Å². The second kappa shape index (κ2) is 5.91. The molecule has 0 amide bonds. The van der Waals surface area contributed by atoms with E-state index in [1.807, 2.05) is 0 Å². The van der Waals surface area contributed by atoms with E-state index in [1.165, 1.54) is 6.07 Å². The molecule has 0 aliphatic carbocycles. The standard InChI is InChI=1S/C14H16O2/c1-3-7-11(8-4-2)14(16)12-9-5-6-10-13(12)15/h3-6,9-11,15H,1-2,7-8H2. The van der Waals surface area contributed by atoms with Crippen molar-refractivity contribution >= 4 is 5.78 Å². The van der Waals surface area contributed by atoms with Crippen molar-refractivity contribution in [2.24, 2.45) is 5.92 Å². The van der Waals surface area contributed by atoms with E-state index in [2.05, 4.69) is 13.2 Å². The van der Waals surface area contributed by atoms with Gasteiger partial charge in [-0.25, -0.2) is 0 Å². The number of rotatable bonds is 6. The molecule has 0 saturated heterocycles. The number of hydrogen-bond acceptors (Lipinski definition) is 2. The van der Waals surface area contributed by atoms with Crippen LogP contribution in [-0.4, -0.2) is 10.9 Å². The molecule has 0 fully saturated rings. The lowest BCUT2D eigenvalue weighted by Crippen LogP contribution is -2.13. The van der Waals surface area contributed by atoms with Crippen LogP contribution in [-0.2, 0) is 0 Å². The third-order valence-corrected chi connectivity index (χ3v) is 2.44. The highest BCUT2D eigenvalue weighted by molar-refractivity contribution is 6.00. The third-order valence-electron chi connectivity index (χ3n) is 2.44. The lowest BCUT2D eigenvalue weighted by molar-refractivity contribution is 0.0919. The number of Topliss-reactive ketones (excluding diaryl/α,β-unsaturated/α-hetero) is 1. The molecule has 1 aromatic carbocycles. The van der Waals surface area contributed by atoms with E-state index in [1.54, 1.807) is 30.4 Å². The summed E-state index contributed by atoms with van der Waals surface area (Å²) in [5.74, 6) is -0.202. The maximum absolute atomic E-state index is 12.1. The summed E-state index contributed by atoms with van der Waals surface area (Å²) in [6.07, 6.45) is 4.62. The molecular formula is C14H16O2. The van der Waals surface area contributed by atoms with Crippen LogP contribution in [0.4, 0.5) is 0 Å². The van der Waals surface area contributed by atoms with E-state index >= 15 is 0 Å². The first-order valence-corrected chi connectivity index (χ1v) is 5.24. The quantitative estimate of drug-likeness (QED) is 0.585. The Balaban J connectivity index is 2.94. The number of aromatic hydroxyl groups is 1. The fourth-order valence-electron chi connectivity index (χ4n) is 1.61. The zero-order valence-corrected chi connectivity index (χ0v) is 9.23. The molecule has 0 unspecified atom stereocenters. The van der Waals surface area contributed by atoms with Crippen LogP contribution < -0.4 is 0 Å². The molecule has 0 radical (unpaired) electrons. The van der Waals surface area contributed by atoms with Crippen molar-refractivity contribution in [1.29, 1.82) is 0 Å². The van der Waals surface area contributed by atoms with Crippen LogP contribution in [0.15, 0.2) is 49.6 Å². The Morgan fingerprint density at radius 3 is 2.31 bits per heavy atom. The minimum absolute atomic E-state index is 0.0330. The van der Waals surface area contributed by atoms with E-state index in [4.69, 9.17) is 0 Å². The average molecular weight is 216 g/mol. The van der Waals surface area contributed by atoms with Crippen LogP contribution in [0.25, 0.3) is 0 Å². The van der Waals surface area contributed by atoms with E-state index < -0.39 is 0 Å². The van der Waals surface area contributed by atoms with Crippen LogP contribution in [0.2, 0.25) is 0 Å².